The number of rotatable bonds is 4. The van der Waals surface area contributed by atoms with Crippen molar-refractivity contribution in [3.8, 4) is 5.75 Å². The largest absolute Gasteiger partial charge is 0.497 e. The minimum Gasteiger partial charge on any atom is -0.497 e. The zero-order chi connectivity index (χ0) is 18.7. The van der Waals surface area contributed by atoms with Gasteiger partial charge in [-0.1, -0.05) is 0 Å². The van der Waals surface area contributed by atoms with Crippen LogP contribution in [-0.4, -0.2) is 31.1 Å². The van der Waals surface area contributed by atoms with Crippen molar-refractivity contribution in [3.63, 3.8) is 0 Å². The second kappa shape index (κ2) is 7.23. The Morgan fingerprint density at radius 2 is 1.73 bits per heavy atom. The summed E-state index contributed by atoms with van der Waals surface area (Å²) in [5.74, 6) is 0.0266. The molecule has 0 aliphatic heterocycles. The van der Waals surface area contributed by atoms with Crippen LogP contribution in [0.2, 0.25) is 0 Å². The molecule has 1 amide bonds. The van der Waals surface area contributed by atoms with Crippen LogP contribution in [0.5, 0.6) is 5.75 Å². The standard InChI is InChI=1S/C20H18N2O4/c1-12-17(10-14-6-9-16(25-2)11-18(14)21-12)19(23)22-15-7-4-13(5-8-15)20(24)26-3/h4-11H,1-3H3,(H,22,23). The van der Waals surface area contributed by atoms with E-state index in [1.165, 1.54) is 7.11 Å². The summed E-state index contributed by atoms with van der Waals surface area (Å²) in [5.41, 5.74) is 2.87. The average Bonchev–Trinajstić information content (AvgIpc) is 2.66. The zero-order valence-corrected chi connectivity index (χ0v) is 14.7. The Balaban J connectivity index is 1.85. The fourth-order valence-electron chi connectivity index (χ4n) is 2.61. The van der Waals surface area contributed by atoms with Crippen molar-refractivity contribution in [3.05, 3.63) is 65.4 Å². The molecule has 3 rings (SSSR count). The Bertz CT molecular complexity index is 981. The smallest absolute Gasteiger partial charge is 0.337 e. The highest BCUT2D eigenvalue weighted by Gasteiger charge is 2.13. The van der Waals surface area contributed by atoms with Crippen molar-refractivity contribution >= 4 is 28.5 Å². The summed E-state index contributed by atoms with van der Waals surface area (Å²) in [7, 11) is 2.92. The predicted molar refractivity (Wildman–Crippen MR) is 98.8 cm³/mol. The number of nitrogens with one attached hydrogen (secondary N) is 1. The van der Waals surface area contributed by atoms with Gasteiger partial charge >= 0.3 is 5.97 Å². The van der Waals surface area contributed by atoms with Crippen LogP contribution in [-0.2, 0) is 4.74 Å². The first-order valence-electron chi connectivity index (χ1n) is 7.97. The van der Waals surface area contributed by atoms with E-state index in [-0.39, 0.29) is 5.91 Å². The molecule has 0 atom stereocenters. The molecule has 6 heteroatoms. The maximum atomic E-state index is 12.6. The molecule has 6 nitrogen and oxygen atoms in total. The second-order valence-electron chi connectivity index (χ2n) is 5.70. The van der Waals surface area contributed by atoms with E-state index in [1.807, 2.05) is 18.2 Å². The molecule has 0 radical (unpaired) electrons. The van der Waals surface area contributed by atoms with Gasteiger partial charge in [0.15, 0.2) is 0 Å². The Morgan fingerprint density at radius 1 is 1.00 bits per heavy atom. The molecule has 1 aromatic heterocycles. The second-order valence-corrected chi connectivity index (χ2v) is 5.70. The lowest BCUT2D eigenvalue weighted by molar-refractivity contribution is 0.0600. The fourth-order valence-corrected chi connectivity index (χ4v) is 2.61. The summed E-state index contributed by atoms with van der Waals surface area (Å²) in [4.78, 5) is 28.6. The molecular weight excluding hydrogens is 332 g/mol. The number of ether oxygens (including phenoxy) is 2. The molecule has 0 unspecified atom stereocenters. The van der Waals surface area contributed by atoms with Crippen molar-refractivity contribution in [1.29, 1.82) is 0 Å². The van der Waals surface area contributed by atoms with E-state index in [2.05, 4.69) is 15.0 Å². The molecule has 2 aromatic carbocycles. The van der Waals surface area contributed by atoms with Crippen LogP contribution in [0.15, 0.2) is 48.5 Å². The number of esters is 1. The van der Waals surface area contributed by atoms with E-state index >= 15 is 0 Å². The monoisotopic (exact) mass is 350 g/mol. The van der Waals surface area contributed by atoms with Crippen LogP contribution >= 0.6 is 0 Å². The van der Waals surface area contributed by atoms with Crippen molar-refractivity contribution in [2.45, 2.75) is 6.92 Å². The molecule has 3 aromatic rings. The number of hydrogen-bond acceptors (Lipinski definition) is 5. The van der Waals surface area contributed by atoms with Gasteiger partial charge in [-0.05, 0) is 49.4 Å². The number of methoxy groups -OCH3 is 2. The number of pyridine rings is 1. The van der Waals surface area contributed by atoms with Gasteiger partial charge in [0, 0.05) is 17.1 Å². The van der Waals surface area contributed by atoms with Crippen molar-refractivity contribution in [2.24, 2.45) is 0 Å². The Hall–Kier alpha value is -3.41. The van der Waals surface area contributed by atoms with Gasteiger partial charge in [-0.3, -0.25) is 9.78 Å². The normalized spacial score (nSPS) is 10.4. The Morgan fingerprint density at radius 3 is 2.38 bits per heavy atom. The first-order valence-corrected chi connectivity index (χ1v) is 7.97. The molecule has 0 aliphatic rings. The van der Waals surface area contributed by atoms with E-state index in [1.54, 1.807) is 44.4 Å². The van der Waals surface area contributed by atoms with Gasteiger partial charge < -0.3 is 14.8 Å². The van der Waals surface area contributed by atoms with E-state index in [0.717, 1.165) is 10.9 Å². The third-order valence-corrected chi connectivity index (χ3v) is 4.02. The molecule has 1 heterocycles. The van der Waals surface area contributed by atoms with Gasteiger partial charge in [0.2, 0.25) is 0 Å². The first kappa shape index (κ1) is 17.4. The predicted octanol–water partition coefficient (Wildman–Crippen LogP) is 3.59. The molecular formula is C20H18N2O4. The number of aryl methyl sites for hydroxylation is 1. The summed E-state index contributed by atoms with van der Waals surface area (Å²) < 4.78 is 9.86. The average molecular weight is 350 g/mol. The summed E-state index contributed by atoms with van der Waals surface area (Å²) in [6.07, 6.45) is 0. The lowest BCUT2D eigenvalue weighted by Crippen LogP contribution is -2.14. The molecule has 0 aliphatic carbocycles. The number of carbonyl (C=O) groups is 2. The van der Waals surface area contributed by atoms with Crippen LogP contribution < -0.4 is 10.1 Å². The maximum Gasteiger partial charge on any atom is 0.337 e. The number of anilines is 1. The number of hydrogen-bond donors (Lipinski definition) is 1. The molecule has 0 bridgehead atoms. The van der Waals surface area contributed by atoms with Crippen molar-refractivity contribution in [1.82, 2.24) is 4.98 Å². The van der Waals surface area contributed by atoms with Gasteiger partial charge in [-0.15, -0.1) is 0 Å². The minimum absolute atomic E-state index is 0.265. The summed E-state index contributed by atoms with van der Waals surface area (Å²) in [6, 6.07) is 13.8. The first-order chi connectivity index (χ1) is 12.5. The van der Waals surface area contributed by atoms with Gasteiger partial charge in [0.05, 0.1) is 36.6 Å². The van der Waals surface area contributed by atoms with Crippen molar-refractivity contribution < 1.29 is 19.1 Å². The quantitative estimate of drug-likeness (QED) is 0.728. The third kappa shape index (κ3) is 3.49. The van der Waals surface area contributed by atoms with E-state index in [0.29, 0.717) is 28.3 Å². The highest BCUT2D eigenvalue weighted by molar-refractivity contribution is 6.07. The summed E-state index contributed by atoms with van der Waals surface area (Å²) in [6.45, 7) is 1.79. The number of amides is 1. The highest BCUT2D eigenvalue weighted by Crippen LogP contribution is 2.22. The number of benzene rings is 2. The zero-order valence-electron chi connectivity index (χ0n) is 14.7. The number of nitrogens with zero attached hydrogens (tertiary/aromatic N) is 1. The number of fused-ring (bicyclic) bond motifs is 1. The molecule has 0 saturated carbocycles. The molecule has 1 N–H and O–H groups in total. The van der Waals surface area contributed by atoms with Gasteiger partial charge in [0.25, 0.3) is 5.91 Å². The third-order valence-electron chi connectivity index (χ3n) is 4.02. The van der Waals surface area contributed by atoms with Crippen molar-refractivity contribution in [2.75, 3.05) is 19.5 Å². The van der Waals surface area contributed by atoms with Crippen LogP contribution in [0, 0.1) is 6.92 Å². The van der Waals surface area contributed by atoms with Crippen LogP contribution in [0.25, 0.3) is 10.9 Å². The summed E-state index contributed by atoms with van der Waals surface area (Å²) in [5, 5.41) is 3.66. The van der Waals surface area contributed by atoms with Gasteiger partial charge in [-0.25, -0.2) is 4.79 Å². The number of carbonyl (C=O) groups excluding carboxylic acids is 2. The molecule has 132 valence electrons. The van der Waals surface area contributed by atoms with Crippen LogP contribution in [0.3, 0.4) is 0 Å². The van der Waals surface area contributed by atoms with Gasteiger partial charge in [0.1, 0.15) is 5.75 Å². The fraction of sp³-hybridized carbons (Fsp3) is 0.150. The van der Waals surface area contributed by atoms with E-state index < -0.39 is 5.97 Å². The lowest BCUT2D eigenvalue weighted by Gasteiger charge is -2.10. The number of aromatic nitrogens is 1. The Kier molecular flexibility index (Phi) is 4.84. The van der Waals surface area contributed by atoms with Crippen LogP contribution in [0.1, 0.15) is 26.4 Å². The SMILES string of the molecule is COC(=O)c1ccc(NC(=O)c2cc3ccc(OC)cc3nc2C)cc1. The molecule has 0 saturated heterocycles. The lowest BCUT2D eigenvalue weighted by atomic mass is 10.1. The molecule has 0 spiro atoms. The topological polar surface area (TPSA) is 77.5 Å². The van der Waals surface area contributed by atoms with E-state index in [4.69, 9.17) is 4.74 Å². The highest BCUT2D eigenvalue weighted by atomic mass is 16.5. The minimum atomic E-state index is -0.423. The molecule has 0 fully saturated rings. The molecule has 26 heavy (non-hydrogen) atoms. The Labute approximate surface area is 150 Å². The van der Waals surface area contributed by atoms with Gasteiger partial charge in [-0.2, -0.15) is 0 Å². The van der Waals surface area contributed by atoms with Crippen LogP contribution in [0.4, 0.5) is 5.69 Å². The summed E-state index contributed by atoms with van der Waals surface area (Å²) >= 11 is 0. The maximum absolute atomic E-state index is 12.6. The van der Waals surface area contributed by atoms with E-state index in [9.17, 15) is 9.59 Å².